The third kappa shape index (κ3) is 2.57. The Hall–Kier alpha value is -1.06. The summed E-state index contributed by atoms with van der Waals surface area (Å²) < 4.78 is 0. The summed E-state index contributed by atoms with van der Waals surface area (Å²) in [5.41, 5.74) is 0.0560. The zero-order valence-electron chi connectivity index (χ0n) is 12.6. The van der Waals surface area contributed by atoms with E-state index in [-0.39, 0.29) is 5.54 Å². The number of nitrogens with zero attached hydrogens (tertiary/aromatic N) is 2. The molecule has 2 aliphatic heterocycles. The molecule has 0 bridgehead atoms. The van der Waals surface area contributed by atoms with Gasteiger partial charge in [-0.15, -0.1) is 0 Å². The highest BCUT2D eigenvalue weighted by molar-refractivity contribution is 5.80. The fourth-order valence-corrected chi connectivity index (χ4v) is 4.03. The monoisotopic (exact) mass is 278 g/mol. The van der Waals surface area contributed by atoms with Gasteiger partial charge in [0.1, 0.15) is 0 Å². The van der Waals surface area contributed by atoms with Crippen LogP contribution < -0.4 is 0 Å². The summed E-state index contributed by atoms with van der Waals surface area (Å²) >= 11 is 0. The number of amides is 2. The normalized spacial score (nSPS) is 30.9. The lowest BCUT2D eigenvalue weighted by molar-refractivity contribution is -0.131. The molecule has 2 saturated heterocycles. The third-order valence-corrected chi connectivity index (χ3v) is 5.42. The first kappa shape index (κ1) is 13.9. The summed E-state index contributed by atoms with van der Waals surface area (Å²) in [6.07, 6.45) is 8.00. The van der Waals surface area contributed by atoms with E-state index >= 15 is 0 Å². The summed E-state index contributed by atoms with van der Waals surface area (Å²) in [6.45, 7) is 4.62. The van der Waals surface area contributed by atoms with Crippen molar-refractivity contribution in [3.63, 3.8) is 0 Å². The van der Waals surface area contributed by atoms with E-state index in [1.54, 1.807) is 0 Å². The molecule has 3 fully saturated rings. The molecule has 2 amide bonds. The summed E-state index contributed by atoms with van der Waals surface area (Å²) in [7, 11) is 0. The minimum atomic E-state index is 0.0560. The molecule has 0 aromatic carbocycles. The van der Waals surface area contributed by atoms with Crippen molar-refractivity contribution in [1.29, 1.82) is 0 Å². The van der Waals surface area contributed by atoms with Gasteiger partial charge in [0.25, 0.3) is 0 Å². The van der Waals surface area contributed by atoms with Crippen LogP contribution in [0.3, 0.4) is 0 Å². The lowest BCUT2D eigenvalue weighted by atomic mass is 9.88. The van der Waals surface area contributed by atoms with Crippen LogP contribution in [0.4, 0.5) is 0 Å². The molecular weight excluding hydrogens is 252 g/mol. The molecule has 3 aliphatic rings. The maximum Gasteiger partial charge on any atom is 0.223 e. The number of carbonyl (C=O) groups excluding carboxylic acids is 2. The highest BCUT2D eigenvalue weighted by atomic mass is 16.2. The SMILES string of the molecule is CCN1C(=O)CC[C@@]12CCCN(C(=O)CC1CC1)CC2. The summed E-state index contributed by atoms with van der Waals surface area (Å²) in [5.74, 6) is 1.32. The minimum absolute atomic E-state index is 0.0560. The predicted octanol–water partition coefficient (Wildman–Crippen LogP) is 2.18. The van der Waals surface area contributed by atoms with Crippen LogP contribution in [0.25, 0.3) is 0 Å². The standard InChI is InChI=1S/C16H26N2O2/c1-2-18-14(19)6-8-16(18)7-3-10-17(11-9-16)15(20)12-13-4-5-13/h13H,2-12H2,1H3/t16-/m1/s1. The van der Waals surface area contributed by atoms with Crippen molar-refractivity contribution in [2.45, 2.75) is 63.8 Å². The summed E-state index contributed by atoms with van der Waals surface area (Å²) in [4.78, 5) is 28.4. The Kier molecular flexibility index (Phi) is 3.74. The molecule has 1 aliphatic carbocycles. The highest BCUT2D eigenvalue weighted by Crippen LogP contribution is 2.39. The third-order valence-electron chi connectivity index (χ3n) is 5.42. The maximum absolute atomic E-state index is 12.3. The van der Waals surface area contributed by atoms with Crippen molar-refractivity contribution in [3.05, 3.63) is 0 Å². The maximum atomic E-state index is 12.3. The van der Waals surface area contributed by atoms with E-state index in [9.17, 15) is 9.59 Å². The molecule has 0 aromatic rings. The molecule has 4 heteroatoms. The van der Waals surface area contributed by atoms with Crippen LogP contribution in [0, 0.1) is 5.92 Å². The fourth-order valence-electron chi connectivity index (χ4n) is 4.03. The molecule has 0 N–H and O–H groups in total. The van der Waals surface area contributed by atoms with E-state index in [1.807, 2.05) is 0 Å². The van der Waals surface area contributed by atoms with Gasteiger partial charge >= 0.3 is 0 Å². The van der Waals surface area contributed by atoms with E-state index in [4.69, 9.17) is 0 Å². The van der Waals surface area contributed by atoms with Crippen molar-refractivity contribution < 1.29 is 9.59 Å². The topological polar surface area (TPSA) is 40.6 Å². The molecule has 0 unspecified atom stereocenters. The first-order valence-electron chi connectivity index (χ1n) is 8.23. The quantitative estimate of drug-likeness (QED) is 0.794. The molecule has 1 spiro atoms. The van der Waals surface area contributed by atoms with Crippen molar-refractivity contribution in [2.75, 3.05) is 19.6 Å². The predicted molar refractivity (Wildman–Crippen MR) is 77.1 cm³/mol. The van der Waals surface area contributed by atoms with Crippen LogP contribution in [-0.4, -0.2) is 46.8 Å². The van der Waals surface area contributed by atoms with Gasteiger partial charge in [0.2, 0.25) is 11.8 Å². The summed E-state index contributed by atoms with van der Waals surface area (Å²) in [5, 5.41) is 0. The van der Waals surface area contributed by atoms with Crippen LogP contribution in [0.1, 0.15) is 58.3 Å². The van der Waals surface area contributed by atoms with Gasteiger partial charge < -0.3 is 9.80 Å². The van der Waals surface area contributed by atoms with E-state index in [1.165, 1.54) is 12.8 Å². The van der Waals surface area contributed by atoms with Gasteiger partial charge in [-0.1, -0.05) is 0 Å². The Balaban J connectivity index is 1.63. The second-order valence-electron chi connectivity index (χ2n) is 6.74. The second kappa shape index (κ2) is 5.38. The van der Waals surface area contributed by atoms with Crippen molar-refractivity contribution >= 4 is 11.8 Å². The average molecular weight is 278 g/mol. The largest absolute Gasteiger partial charge is 0.343 e. The molecular formula is C16H26N2O2. The number of carbonyl (C=O) groups is 2. The van der Waals surface area contributed by atoms with Gasteiger partial charge in [-0.3, -0.25) is 9.59 Å². The zero-order chi connectivity index (χ0) is 14.2. The van der Waals surface area contributed by atoms with Crippen LogP contribution in [-0.2, 0) is 9.59 Å². The van der Waals surface area contributed by atoms with Crippen LogP contribution >= 0.6 is 0 Å². The van der Waals surface area contributed by atoms with Gasteiger partial charge in [0.15, 0.2) is 0 Å². The van der Waals surface area contributed by atoms with Gasteiger partial charge in [0.05, 0.1) is 0 Å². The molecule has 1 atom stereocenters. The number of rotatable bonds is 3. The van der Waals surface area contributed by atoms with Gasteiger partial charge in [-0.05, 0) is 51.4 Å². The second-order valence-corrected chi connectivity index (χ2v) is 6.74. The van der Waals surface area contributed by atoms with Crippen LogP contribution in [0.15, 0.2) is 0 Å². The minimum Gasteiger partial charge on any atom is -0.343 e. The Labute approximate surface area is 121 Å². The average Bonchev–Trinajstić information content (AvgIpc) is 3.20. The Morgan fingerprint density at radius 1 is 1.25 bits per heavy atom. The molecule has 0 aromatic heterocycles. The molecule has 2 heterocycles. The molecule has 3 rings (SSSR count). The highest BCUT2D eigenvalue weighted by Gasteiger charge is 2.45. The lowest BCUT2D eigenvalue weighted by Gasteiger charge is -2.37. The van der Waals surface area contributed by atoms with E-state index in [0.717, 1.165) is 51.7 Å². The van der Waals surface area contributed by atoms with Crippen LogP contribution in [0.2, 0.25) is 0 Å². The molecule has 1 saturated carbocycles. The van der Waals surface area contributed by atoms with Gasteiger partial charge in [-0.2, -0.15) is 0 Å². The smallest absolute Gasteiger partial charge is 0.223 e. The lowest BCUT2D eigenvalue weighted by Crippen LogP contribution is -2.46. The van der Waals surface area contributed by atoms with Gasteiger partial charge in [0, 0.05) is 38.0 Å². The Morgan fingerprint density at radius 3 is 2.75 bits per heavy atom. The van der Waals surface area contributed by atoms with Crippen molar-refractivity contribution in [2.24, 2.45) is 5.92 Å². The summed E-state index contributed by atoms with van der Waals surface area (Å²) in [6, 6.07) is 0. The molecule has 0 radical (unpaired) electrons. The van der Waals surface area contributed by atoms with Crippen molar-refractivity contribution in [1.82, 2.24) is 9.80 Å². The number of likely N-dealkylation sites (tertiary alicyclic amines) is 2. The first-order valence-corrected chi connectivity index (χ1v) is 8.23. The van der Waals surface area contributed by atoms with Crippen molar-refractivity contribution in [3.8, 4) is 0 Å². The molecule has 112 valence electrons. The number of hydrogen-bond acceptors (Lipinski definition) is 2. The van der Waals surface area contributed by atoms with E-state index < -0.39 is 0 Å². The fraction of sp³-hybridized carbons (Fsp3) is 0.875. The molecule has 20 heavy (non-hydrogen) atoms. The molecule has 4 nitrogen and oxygen atoms in total. The van der Waals surface area contributed by atoms with Crippen LogP contribution in [0.5, 0.6) is 0 Å². The Bertz CT molecular complexity index is 405. The zero-order valence-corrected chi connectivity index (χ0v) is 12.6. The van der Waals surface area contributed by atoms with Gasteiger partial charge in [-0.25, -0.2) is 0 Å². The van der Waals surface area contributed by atoms with E-state index in [0.29, 0.717) is 24.2 Å². The van der Waals surface area contributed by atoms with E-state index in [2.05, 4.69) is 16.7 Å². The number of hydrogen-bond donors (Lipinski definition) is 0. The first-order chi connectivity index (χ1) is 9.64. The Morgan fingerprint density at radius 2 is 2.05 bits per heavy atom.